The Kier molecular flexibility index (Phi) is 4.59. The molecule has 2 aliphatic heterocycles. The summed E-state index contributed by atoms with van der Waals surface area (Å²) in [5.74, 6) is -1.40. The smallest absolute Gasteiger partial charge is 0.411 e. The summed E-state index contributed by atoms with van der Waals surface area (Å²) in [6, 6.07) is -0.386. The van der Waals surface area contributed by atoms with Crippen LogP contribution < -0.4 is 0 Å². The number of rotatable bonds is 3. The monoisotopic (exact) mass is 327 g/mol. The number of amides is 1. The number of carbonyl (C=O) groups is 3. The summed E-state index contributed by atoms with van der Waals surface area (Å²) in [4.78, 5) is 38.6. The van der Waals surface area contributed by atoms with Crippen molar-refractivity contribution in [3.63, 3.8) is 0 Å². The van der Waals surface area contributed by atoms with Crippen LogP contribution in [0.25, 0.3) is 0 Å². The maximum absolute atomic E-state index is 12.6. The lowest BCUT2D eigenvalue weighted by Crippen LogP contribution is -2.52. The van der Waals surface area contributed by atoms with Crippen molar-refractivity contribution in [2.24, 2.45) is 5.92 Å². The third kappa shape index (κ3) is 3.01. The largest absolute Gasteiger partial charge is 0.467 e. The molecule has 0 aromatic carbocycles. The fourth-order valence-corrected chi connectivity index (χ4v) is 3.62. The van der Waals surface area contributed by atoms with Gasteiger partial charge in [-0.1, -0.05) is 0 Å². The van der Waals surface area contributed by atoms with Gasteiger partial charge in [0.05, 0.1) is 19.6 Å². The van der Waals surface area contributed by atoms with Gasteiger partial charge in [-0.05, 0) is 47.0 Å². The molecule has 2 bridgehead atoms. The molecule has 23 heavy (non-hydrogen) atoms. The van der Waals surface area contributed by atoms with Gasteiger partial charge in [-0.2, -0.15) is 0 Å². The molecule has 2 rings (SSSR count). The highest BCUT2D eigenvalue weighted by molar-refractivity contribution is 5.90. The van der Waals surface area contributed by atoms with Crippen LogP contribution in [-0.2, 0) is 23.8 Å². The number of esters is 2. The topological polar surface area (TPSA) is 82.1 Å². The molecule has 2 heterocycles. The van der Waals surface area contributed by atoms with Crippen LogP contribution in [-0.4, -0.2) is 53.8 Å². The maximum Gasteiger partial charge on any atom is 0.411 e. The predicted octanol–water partition coefficient (Wildman–Crippen LogP) is 1.88. The number of carbonyl (C=O) groups excluding carboxylic acids is 3. The lowest BCUT2D eigenvalue weighted by atomic mass is 9.81. The minimum atomic E-state index is -1.13. The first-order valence-corrected chi connectivity index (χ1v) is 7.93. The zero-order valence-corrected chi connectivity index (χ0v) is 14.4. The Morgan fingerprint density at radius 1 is 1.26 bits per heavy atom. The van der Waals surface area contributed by atoms with Crippen LogP contribution in [0.4, 0.5) is 4.79 Å². The molecule has 2 saturated heterocycles. The number of fused-ring (bicyclic) bond motifs is 2. The van der Waals surface area contributed by atoms with E-state index in [9.17, 15) is 14.4 Å². The number of nitrogens with zero attached hydrogens (tertiary/aromatic N) is 1. The molecule has 0 N–H and O–H groups in total. The van der Waals surface area contributed by atoms with Crippen molar-refractivity contribution in [3.8, 4) is 0 Å². The molecule has 0 spiro atoms. The summed E-state index contributed by atoms with van der Waals surface area (Å²) >= 11 is 0. The summed E-state index contributed by atoms with van der Waals surface area (Å²) in [5, 5.41) is 0. The summed E-state index contributed by atoms with van der Waals surface area (Å²) in [6.45, 7) is 7.27. The van der Waals surface area contributed by atoms with E-state index in [1.54, 1.807) is 27.7 Å². The van der Waals surface area contributed by atoms with Gasteiger partial charge in [0, 0.05) is 6.04 Å². The highest BCUT2D eigenvalue weighted by Crippen LogP contribution is 2.51. The maximum atomic E-state index is 12.6. The van der Waals surface area contributed by atoms with Crippen molar-refractivity contribution >= 4 is 18.0 Å². The first-order chi connectivity index (χ1) is 10.7. The normalized spacial score (nSPS) is 29.3. The van der Waals surface area contributed by atoms with Crippen LogP contribution in [0.1, 0.15) is 47.0 Å². The van der Waals surface area contributed by atoms with Crippen LogP contribution in [0.2, 0.25) is 0 Å². The molecule has 130 valence electrons. The van der Waals surface area contributed by atoms with Gasteiger partial charge in [0.15, 0.2) is 0 Å². The van der Waals surface area contributed by atoms with Crippen molar-refractivity contribution < 1.29 is 28.6 Å². The van der Waals surface area contributed by atoms with E-state index in [-0.39, 0.29) is 25.0 Å². The summed E-state index contributed by atoms with van der Waals surface area (Å²) in [6.07, 6.45) is 0.664. The molecule has 7 nitrogen and oxygen atoms in total. The van der Waals surface area contributed by atoms with Gasteiger partial charge in [0.25, 0.3) is 0 Å². The highest BCUT2D eigenvalue weighted by Gasteiger charge is 2.66. The Bertz CT molecular complexity index is 511. The van der Waals surface area contributed by atoms with Gasteiger partial charge < -0.3 is 14.2 Å². The molecule has 2 fully saturated rings. The Morgan fingerprint density at radius 3 is 2.43 bits per heavy atom. The van der Waals surface area contributed by atoms with Crippen molar-refractivity contribution in [1.82, 2.24) is 4.90 Å². The molecule has 2 aliphatic rings. The molecular weight excluding hydrogens is 302 g/mol. The third-order valence-corrected chi connectivity index (χ3v) is 4.41. The molecule has 0 aromatic heterocycles. The van der Waals surface area contributed by atoms with Gasteiger partial charge in [0.2, 0.25) is 0 Å². The summed E-state index contributed by atoms with van der Waals surface area (Å²) in [7, 11) is 1.29. The second-order valence-corrected chi connectivity index (χ2v) is 7.04. The minimum absolute atomic E-state index is 0.225. The number of ether oxygens (including phenoxy) is 3. The molecule has 1 amide bonds. The molecule has 7 heteroatoms. The van der Waals surface area contributed by atoms with Gasteiger partial charge in [-0.25, -0.2) is 9.59 Å². The molecule has 3 atom stereocenters. The minimum Gasteiger partial charge on any atom is -0.467 e. The van der Waals surface area contributed by atoms with E-state index in [1.165, 1.54) is 12.0 Å². The summed E-state index contributed by atoms with van der Waals surface area (Å²) in [5.41, 5.74) is -1.81. The Labute approximate surface area is 136 Å². The molecule has 0 radical (unpaired) electrons. The molecular formula is C16H25NO6. The average Bonchev–Trinajstić information content (AvgIpc) is 2.99. The SMILES string of the molecule is CCOC(=O)C1CC2(C(=O)OC)CCC1N2C(=O)OC(C)(C)C. The fraction of sp³-hybridized carbons (Fsp3) is 0.812. The predicted molar refractivity (Wildman–Crippen MR) is 80.6 cm³/mol. The van der Waals surface area contributed by atoms with E-state index in [1.807, 2.05) is 0 Å². The van der Waals surface area contributed by atoms with E-state index >= 15 is 0 Å². The van der Waals surface area contributed by atoms with Crippen LogP contribution in [0, 0.1) is 5.92 Å². The van der Waals surface area contributed by atoms with E-state index in [2.05, 4.69) is 0 Å². The number of hydrogen-bond donors (Lipinski definition) is 0. The molecule has 0 saturated carbocycles. The van der Waals surface area contributed by atoms with Crippen LogP contribution in [0.5, 0.6) is 0 Å². The van der Waals surface area contributed by atoms with Crippen molar-refractivity contribution in [2.75, 3.05) is 13.7 Å². The standard InChI is InChI=1S/C16H25NO6/c1-6-22-12(18)10-9-16(13(19)21-5)8-7-11(10)17(16)14(20)23-15(2,3)4/h10-11H,6-9H2,1-5H3. The first kappa shape index (κ1) is 17.6. The second kappa shape index (κ2) is 6.02. The second-order valence-electron chi connectivity index (χ2n) is 7.04. The quantitative estimate of drug-likeness (QED) is 0.581. The number of hydrogen-bond acceptors (Lipinski definition) is 6. The van der Waals surface area contributed by atoms with Crippen molar-refractivity contribution in [3.05, 3.63) is 0 Å². The van der Waals surface area contributed by atoms with Crippen LogP contribution in [0.3, 0.4) is 0 Å². The van der Waals surface area contributed by atoms with Gasteiger partial charge >= 0.3 is 18.0 Å². The Morgan fingerprint density at radius 2 is 1.91 bits per heavy atom. The van der Waals surface area contributed by atoms with Gasteiger partial charge in [0.1, 0.15) is 11.1 Å². The zero-order chi connectivity index (χ0) is 17.4. The lowest BCUT2D eigenvalue weighted by Gasteiger charge is -2.33. The lowest BCUT2D eigenvalue weighted by molar-refractivity contribution is -0.152. The third-order valence-electron chi connectivity index (χ3n) is 4.41. The fourth-order valence-electron chi connectivity index (χ4n) is 3.62. The molecule has 0 aromatic rings. The van der Waals surface area contributed by atoms with Gasteiger partial charge in [-0.3, -0.25) is 9.69 Å². The van der Waals surface area contributed by atoms with Crippen LogP contribution in [0.15, 0.2) is 0 Å². The van der Waals surface area contributed by atoms with Gasteiger partial charge in [-0.15, -0.1) is 0 Å². The Balaban J connectivity index is 2.32. The van der Waals surface area contributed by atoms with E-state index in [4.69, 9.17) is 14.2 Å². The Hall–Kier alpha value is -1.79. The molecule has 0 aliphatic carbocycles. The first-order valence-electron chi connectivity index (χ1n) is 7.93. The van der Waals surface area contributed by atoms with Crippen molar-refractivity contribution in [1.29, 1.82) is 0 Å². The van der Waals surface area contributed by atoms with E-state index < -0.39 is 29.1 Å². The molecule has 3 unspecified atom stereocenters. The average molecular weight is 327 g/mol. The van der Waals surface area contributed by atoms with Crippen molar-refractivity contribution in [2.45, 2.75) is 64.1 Å². The van der Waals surface area contributed by atoms with E-state index in [0.717, 1.165) is 0 Å². The van der Waals surface area contributed by atoms with E-state index in [0.29, 0.717) is 12.8 Å². The number of methoxy groups -OCH3 is 1. The summed E-state index contributed by atoms with van der Waals surface area (Å²) < 4.78 is 15.4. The van der Waals surface area contributed by atoms with Crippen LogP contribution >= 0.6 is 0 Å². The zero-order valence-electron chi connectivity index (χ0n) is 14.4. The highest BCUT2D eigenvalue weighted by atomic mass is 16.6.